The Hall–Kier alpha value is -0.790. The van der Waals surface area contributed by atoms with Gasteiger partial charge < -0.3 is 4.57 Å². The van der Waals surface area contributed by atoms with E-state index < -0.39 is 0 Å². The molecule has 0 aromatic carbocycles. The van der Waals surface area contributed by atoms with Gasteiger partial charge >= 0.3 is 0 Å². The predicted molar refractivity (Wildman–Crippen MR) is 194 cm³/mol. The first-order valence-corrected chi connectivity index (χ1v) is 20.3. The second-order valence-corrected chi connectivity index (χ2v) is 14.3. The molecule has 0 aliphatic carbocycles. The zero-order chi connectivity index (χ0) is 31.1. The lowest BCUT2D eigenvalue weighted by atomic mass is 9.92. The van der Waals surface area contributed by atoms with Gasteiger partial charge in [-0.1, -0.05) is 207 Å². The molecule has 0 aliphatic heterocycles. The number of imidazole rings is 1. The van der Waals surface area contributed by atoms with Gasteiger partial charge in [0.15, 0.2) is 0 Å². The van der Waals surface area contributed by atoms with Gasteiger partial charge in [-0.15, -0.1) is 0 Å². The fourth-order valence-electron chi connectivity index (χ4n) is 7.14. The molecule has 1 heterocycles. The molecular weight excluding hydrogens is 520 g/mol. The first kappa shape index (κ1) is 40.2. The van der Waals surface area contributed by atoms with E-state index in [0.717, 1.165) is 0 Å². The van der Waals surface area contributed by atoms with Crippen LogP contribution >= 0.6 is 0 Å². The maximum Gasteiger partial charge on any atom is 0.111 e. The third-order valence-electron chi connectivity index (χ3n) is 10.1. The van der Waals surface area contributed by atoms with Crippen molar-refractivity contribution >= 4 is 0 Å². The quantitative estimate of drug-likeness (QED) is 0.0719. The van der Waals surface area contributed by atoms with Crippen molar-refractivity contribution in [2.45, 2.75) is 245 Å². The fourth-order valence-corrected chi connectivity index (χ4v) is 7.14. The molecule has 2 heteroatoms. The lowest BCUT2D eigenvalue weighted by molar-refractivity contribution is 0.421. The molecule has 1 aromatic heterocycles. The molecule has 0 amide bonds. The van der Waals surface area contributed by atoms with Crippen LogP contribution in [-0.2, 0) is 0 Å². The minimum atomic E-state index is 0.581. The van der Waals surface area contributed by atoms with Crippen LogP contribution in [0.5, 0.6) is 0 Å². The van der Waals surface area contributed by atoms with Crippen LogP contribution in [0.15, 0.2) is 12.4 Å². The third-order valence-corrected chi connectivity index (χ3v) is 10.1. The molecule has 254 valence electrons. The summed E-state index contributed by atoms with van der Waals surface area (Å²) in [6.07, 6.45) is 49.9. The number of aromatic nitrogens is 2. The Balaban J connectivity index is 2.21. The molecule has 0 spiro atoms. The predicted octanol–water partition coefficient (Wildman–Crippen LogP) is 15.1. The molecule has 0 bridgehead atoms. The second kappa shape index (κ2) is 31.2. The van der Waals surface area contributed by atoms with Crippen molar-refractivity contribution in [1.29, 1.82) is 0 Å². The number of unbranched alkanes of at least 4 members (excludes halogenated alkanes) is 26. The zero-order valence-corrected chi connectivity index (χ0v) is 30.3. The van der Waals surface area contributed by atoms with E-state index in [9.17, 15) is 0 Å². The van der Waals surface area contributed by atoms with Crippen molar-refractivity contribution in [1.82, 2.24) is 9.55 Å². The van der Waals surface area contributed by atoms with Crippen molar-refractivity contribution in [3.05, 3.63) is 18.2 Å². The van der Waals surface area contributed by atoms with Crippen molar-refractivity contribution in [2.75, 3.05) is 0 Å². The van der Waals surface area contributed by atoms with E-state index >= 15 is 0 Å². The molecule has 0 saturated carbocycles. The molecule has 0 fully saturated rings. The smallest absolute Gasteiger partial charge is 0.111 e. The van der Waals surface area contributed by atoms with Gasteiger partial charge in [0.1, 0.15) is 5.82 Å². The topological polar surface area (TPSA) is 17.8 Å². The molecule has 43 heavy (non-hydrogen) atoms. The Kier molecular flexibility index (Phi) is 29.2. The number of hydrogen-bond donors (Lipinski definition) is 0. The summed E-state index contributed by atoms with van der Waals surface area (Å²) in [5, 5.41) is 0. The maximum absolute atomic E-state index is 4.95. The van der Waals surface area contributed by atoms with Gasteiger partial charge in [-0.05, 0) is 26.2 Å². The van der Waals surface area contributed by atoms with Crippen LogP contribution in [-0.4, -0.2) is 9.55 Å². The lowest BCUT2D eigenvalue weighted by Crippen LogP contribution is -2.13. The number of rotatable bonds is 34. The van der Waals surface area contributed by atoms with Crippen LogP contribution in [0.25, 0.3) is 0 Å². The van der Waals surface area contributed by atoms with Crippen LogP contribution in [0.1, 0.15) is 251 Å². The monoisotopic (exact) mass is 601 g/mol. The summed E-state index contributed by atoms with van der Waals surface area (Å²) in [5.41, 5.74) is 0. The summed E-state index contributed by atoms with van der Waals surface area (Å²) < 4.78 is 2.53. The summed E-state index contributed by atoms with van der Waals surface area (Å²) in [5.74, 6) is 2.05. The first-order chi connectivity index (χ1) is 21.2. The SMILES string of the molecule is CCCCCCCCCCCCCCCCCC(CCCCCCCCCCCCCCC)c1nccn1C(C)CCC. The van der Waals surface area contributed by atoms with E-state index in [1.54, 1.807) is 0 Å². The van der Waals surface area contributed by atoms with Crippen molar-refractivity contribution in [2.24, 2.45) is 0 Å². The van der Waals surface area contributed by atoms with Crippen LogP contribution in [0.2, 0.25) is 0 Å². The third kappa shape index (κ3) is 23.2. The Bertz CT molecular complexity index is 664. The molecule has 2 atom stereocenters. The van der Waals surface area contributed by atoms with Gasteiger partial charge in [-0.25, -0.2) is 4.98 Å². The highest BCUT2D eigenvalue weighted by atomic mass is 15.1. The fraction of sp³-hybridized carbons (Fsp3) is 0.927. The van der Waals surface area contributed by atoms with Crippen LogP contribution in [0, 0.1) is 0 Å². The average molecular weight is 601 g/mol. The van der Waals surface area contributed by atoms with Crippen LogP contribution in [0.3, 0.4) is 0 Å². The summed E-state index contributed by atoms with van der Waals surface area (Å²) in [7, 11) is 0. The van der Waals surface area contributed by atoms with Gasteiger partial charge in [0.05, 0.1) is 0 Å². The highest BCUT2D eigenvalue weighted by Gasteiger charge is 2.19. The molecule has 2 unspecified atom stereocenters. The summed E-state index contributed by atoms with van der Waals surface area (Å²) in [6, 6.07) is 0.581. The summed E-state index contributed by atoms with van der Waals surface area (Å²) in [6.45, 7) is 9.33. The van der Waals surface area contributed by atoms with Gasteiger partial charge in [-0.3, -0.25) is 0 Å². The Labute approximate surface area is 272 Å². The van der Waals surface area contributed by atoms with Crippen molar-refractivity contribution < 1.29 is 0 Å². The summed E-state index contributed by atoms with van der Waals surface area (Å²) >= 11 is 0. The molecule has 0 N–H and O–H groups in total. The van der Waals surface area contributed by atoms with Crippen molar-refractivity contribution in [3.8, 4) is 0 Å². The van der Waals surface area contributed by atoms with E-state index in [0.29, 0.717) is 12.0 Å². The van der Waals surface area contributed by atoms with E-state index in [2.05, 4.69) is 44.7 Å². The van der Waals surface area contributed by atoms with E-state index in [1.165, 1.54) is 211 Å². The van der Waals surface area contributed by atoms with E-state index in [-0.39, 0.29) is 0 Å². The van der Waals surface area contributed by atoms with Gasteiger partial charge in [0.2, 0.25) is 0 Å². The highest BCUT2D eigenvalue weighted by Crippen LogP contribution is 2.30. The standard InChI is InChI=1S/C41H80N2/c1-5-8-10-12-14-16-18-20-21-23-25-27-29-31-33-36-40(41-42-37-38-43(41)39(4)34-7-3)35-32-30-28-26-24-22-19-17-15-13-11-9-6-2/h37-40H,5-36H2,1-4H3. The van der Waals surface area contributed by atoms with Gasteiger partial charge in [-0.2, -0.15) is 0 Å². The van der Waals surface area contributed by atoms with Gasteiger partial charge in [0.25, 0.3) is 0 Å². The molecule has 0 radical (unpaired) electrons. The van der Waals surface area contributed by atoms with Crippen LogP contribution < -0.4 is 0 Å². The van der Waals surface area contributed by atoms with Crippen molar-refractivity contribution in [3.63, 3.8) is 0 Å². The minimum absolute atomic E-state index is 0.581. The first-order valence-electron chi connectivity index (χ1n) is 20.3. The largest absolute Gasteiger partial charge is 0.332 e. The van der Waals surface area contributed by atoms with Gasteiger partial charge in [0, 0.05) is 24.4 Å². The number of hydrogen-bond acceptors (Lipinski definition) is 1. The average Bonchev–Trinajstić information content (AvgIpc) is 3.50. The Morgan fingerprint density at radius 3 is 1.09 bits per heavy atom. The van der Waals surface area contributed by atoms with E-state index in [4.69, 9.17) is 4.98 Å². The molecule has 1 aromatic rings. The highest BCUT2D eigenvalue weighted by molar-refractivity contribution is 5.02. The Morgan fingerprint density at radius 1 is 0.442 bits per heavy atom. The van der Waals surface area contributed by atoms with Crippen LogP contribution in [0.4, 0.5) is 0 Å². The maximum atomic E-state index is 4.95. The zero-order valence-electron chi connectivity index (χ0n) is 30.3. The lowest BCUT2D eigenvalue weighted by Gasteiger charge is -2.22. The second-order valence-electron chi connectivity index (χ2n) is 14.3. The van der Waals surface area contributed by atoms with E-state index in [1.807, 2.05) is 0 Å². The molecule has 1 rings (SSSR count). The number of nitrogens with zero attached hydrogens (tertiary/aromatic N) is 2. The molecular formula is C41H80N2. The minimum Gasteiger partial charge on any atom is -0.332 e. The molecule has 2 nitrogen and oxygen atoms in total. The summed E-state index contributed by atoms with van der Waals surface area (Å²) in [4.78, 5) is 4.95. The Morgan fingerprint density at radius 2 is 0.767 bits per heavy atom. The molecule has 0 saturated heterocycles. The molecule has 0 aliphatic rings. The normalized spacial score (nSPS) is 13.1.